The van der Waals surface area contributed by atoms with E-state index in [9.17, 15) is 0 Å². The van der Waals surface area contributed by atoms with Gasteiger partial charge in [0.25, 0.3) is 0 Å². The van der Waals surface area contributed by atoms with Crippen molar-refractivity contribution in [1.82, 2.24) is 9.97 Å². The van der Waals surface area contributed by atoms with E-state index in [-0.39, 0.29) is 0 Å². The van der Waals surface area contributed by atoms with E-state index in [1.807, 2.05) is 37.4 Å². The van der Waals surface area contributed by atoms with Crippen LogP contribution in [0.2, 0.25) is 0 Å². The Bertz CT molecular complexity index is 523. The molecule has 0 aliphatic carbocycles. The van der Waals surface area contributed by atoms with Crippen molar-refractivity contribution in [3.05, 3.63) is 42.2 Å². The monoisotopic (exact) mass is 242 g/mol. The summed E-state index contributed by atoms with van der Waals surface area (Å²) in [6.45, 7) is 4.24. The highest BCUT2D eigenvalue weighted by atomic mass is 15.1. The van der Waals surface area contributed by atoms with Crippen LogP contribution < -0.4 is 10.6 Å². The molecule has 0 fully saturated rings. The topological polar surface area (TPSA) is 49.8 Å². The normalized spacial score (nSPS) is 10.4. The van der Waals surface area contributed by atoms with Crippen LogP contribution >= 0.6 is 0 Å². The number of rotatable bonds is 4. The zero-order valence-corrected chi connectivity index (χ0v) is 10.9. The van der Waals surface area contributed by atoms with Gasteiger partial charge in [0.2, 0.25) is 5.95 Å². The summed E-state index contributed by atoms with van der Waals surface area (Å²) in [6.07, 6.45) is 1.78. The lowest BCUT2D eigenvalue weighted by molar-refractivity contribution is 0.817. The van der Waals surface area contributed by atoms with E-state index in [4.69, 9.17) is 0 Å². The van der Waals surface area contributed by atoms with Crippen LogP contribution in [0.15, 0.2) is 36.5 Å². The molecule has 4 nitrogen and oxygen atoms in total. The summed E-state index contributed by atoms with van der Waals surface area (Å²) in [5.74, 6) is 1.03. The van der Waals surface area contributed by atoms with Crippen molar-refractivity contribution >= 4 is 17.3 Å². The Morgan fingerprint density at radius 3 is 2.61 bits per heavy atom. The Morgan fingerprint density at radius 1 is 1.11 bits per heavy atom. The predicted octanol–water partition coefficient (Wildman–Crippen LogP) is 3.39. The molecule has 0 aliphatic rings. The minimum atomic E-state index is 0.400. The first-order valence-electron chi connectivity index (χ1n) is 6.07. The molecule has 0 spiro atoms. The third-order valence-corrected chi connectivity index (χ3v) is 2.68. The van der Waals surface area contributed by atoms with Crippen LogP contribution in [-0.2, 0) is 0 Å². The average molecular weight is 242 g/mol. The van der Waals surface area contributed by atoms with Crippen LogP contribution in [0.5, 0.6) is 0 Å². The molecule has 0 saturated carbocycles. The molecular formula is C14H18N4. The highest BCUT2D eigenvalue weighted by molar-refractivity contribution is 5.60. The van der Waals surface area contributed by atoms with Gasteiger partial charge in [-0.3, -0.25) is 0 Å². The van der Waals surface area contributed by atoms with Crippen molar-refractivity contribution in [2.24, 2.45) is 0 Å². The third kappa shape index (κ3) is 2.97. The molecule has 2 aromatic rings. The number of aromatic nitrogens is 2. The van der Waals surface area contributed by atoms with Gasteiger partial charge in [-0.05, 0) is 30.2 Å². The Balaban J connectivity index is 2.20. The minimum absolute atomic E-state index is 0.400. The van der Waals surface area contributed by atoms with Gasteiger partial charge in [0.15, 0.2) is 0 Å². The highest BCUT2D eigenvalue weighted by Gasteiger charge is 2.03. The molecule has 0 unspecified atom stereocenters. The number of hydrogen-bond acceptors (Lipinski definition) is 4. The molecule has 0 bridgehead atoms. The van der Waals surface area contributed by atoms with Gasteiger partial charge in [-0.25, -0.2) is 9.97 Å². The van der Waals surface area contributed by atoms with Crippen LogP contribution in [-0.4, -0.2) is 17.0 Å². The summed E-state index contributed by atoms with van der Waals surface area (Å²) in [4.78, 5) is 8.71. The van der Waals surface area contributed by atoms with Crippen molar-refractivity contribution in [1.29, 1.82) is 0 Å². The summed E-state index contributed by atoms with van der Waals surface area (Å²) in [5.41, 5.74) is 3.07. The Labute approximate surface area is 107 Å². The van der Waals surface area contributed by atoms with Gasteiger partial charge in [0, 0.05) is 30.3 Å². The molecule has 1 aromatic carbocycles. The van der Waals surface area contributed by atoms with Crippen LogP contribution in [0.3, 0.4) is 0 Å². The third-order valence-electron chi connectivity index (χ3n) is 2.68. The van der Waals surface area contributed by atoms with E-state index < -0.39 is 0 Å². The van der Waals surface area contributed by atoms with E-state index in [2.05, 4.69) is 34.4 Å². The molecule has 94 valence electrons. The molecular weight excluding hydrogens is 224 g/mol. The first kappa shape index (κ1) is 12.4. The summed E-state index contributed by atoms with van der Waals surface area (Å²) in [7, 11) is 1.90. The largest absolute Gasteiger partial charge is 0.388 e. The number of hydrogen-bond donors (Lipinski definition) is 2. The Morgan fingerprint density at radius 2 is 1.89 bits per heavy atom. The van der Waals surface area contributed by atoms with E-state index >= 15 is 0 Å². The second kappa shape index (κ2) is 5.49. The molecule has 0 radical (unpaired) electrons. The highest BCUT2D eigenvalue weighted by Crippen LogP contribution is 2.18. The predicted molar refractivity (Wildman–Crippen MR) is 75.4 cm³/mol. The molecule has 0 aliphatic heterocycles. The van der Waals surface area contributed by atoms with Crippen LogP contribution in [0.4, 0.5) is 17.3 Å². The molecule has 0 saturated heterocycles. The number of nitrogens with zero attached hydrogens (tertiary/aromatic N) is 2. The standard InChI is InChI=1S/C14H18N4/c1-10(2)13-7-8-16-14(18-13)17-12-6-4-5-11(9-12)15-3/h4-10,15H,1-3H3,(H,16,17,18). The van der Waals surface area contributed by atoms with E-state index in [0.717, 1.165) is 17.1 Å². The van der Waals surface area contributed by atoms with Gasteiger partial charge < -0.3 is 10.6 Å². The Hall–Kier alpha value is -2.10. The minimum Gasteiger partial charge on any atom is -0.388 e. The lowest BCUT2D eigenvalue weighted by Gasteiger charge is -2.09. The van der Waals surface area contributed by atoms with Crippen molar-refractivity contribution in [2.75, 3.05) is 17.7 Å². The SMILES string of the molecule is CNc1cccc(Nc2nccc(C(C)C)n2)c1. The van der Waals surface area contributed by atoms with Gasteiger partial charge in [0.05, 0.1) is 0 Å². The van der Waals surface area contributed by atoms with Crippen LogP contribution in [0.1, 0.15) is 25.5 Å². The molecule has 2 N–H and O–H groups in total. The second-order valence-electron chi connectivity index (χ2n) is 4.42. The number of benzene rings is 1. The maximum absolute atomic E-state index is 4.48. The van der Waals surface area contributed by atoms with Crippen LogP contribution in [0, 0.1) is 0 Å². The maximum Gasteiger partial charge on any atom is 0.227 e. The fraction of sp³-hybridized carbons (Fsp3) is 0.286. The molecule has 4 heteroatoms. The second-order valence-corrected chi connectivity index (χ2v) is 4.42. The van der Waals surface area contributed by atoms with Gasteiger partial charge in [-0.15, -0.1) is 0 Å². The quantitative estimate of drug-likeness (QED) is 0.863. The smallest absolute Gasteiger partial charge is 0.227 e. The van der Waals surface area contributed by atoms with E-state index in [1.165, 1.54) is 0 Å². The van der Waals surface area contributed by atoms with Crippen LogP contribution in [0.25, 0.3) is 0 Å². The van der Waals surface area contributed by atoms with Gasteiger partial charge >= 0.3 is 0 Å². The van der Waals surface area contributed by atoms with Gasteiger partial charge in [-0.1, -0.05) is 19.9 Å². The molecule has 18 heavy (non-hydrogen) atoms. The fourth-order valence-electron chi connectivity index (χ4n) is 1.64. The van der Waals surface area contributed by atoms with E-state index in [1.54, 1.807) is 6.20 Å². The average Bonchev–Trinajstić information content (AvgIpc) is 2.39. The maximum atomic E-state index is 4.48. The van der Waals surface area contributed by atoms with Crippen molar-refractivity contribution in [2.45, 2.75) is 19.8 Å². The van der Waals surface area contributed by atoms with E-state index in [0.29, 0.717) is 11.9 Å². The van der Waals surface area contributed by atoms with Crippen molar-refractivity contribution in [3.63, 3.8) is 0 Å². The number of nitrogens with one attached hydrogen (secondary N) is 2. The molecule has 0 amide bonds. The molecule has 1 heterocycles. The number of anilines is 3. The first-order chi connectivity index (χ1) is 8.69. The molecule has 1 aromatic heterocycles. The van der Waals surface area contributed by atoms with Gasteiger partial charge in [-0.2, -0.15) is 0 Å². The molecule has 2 rings (SSSR count). The van der Waals surface area contributed by atoms with Gasteiger partial charge in [0.1, 0.15) is 0 Å². The lowest BCUT2D eigenvalue weighted by atomic mass is 10.1. The molecule has 0 atom stereocenters. The fourth-order valence-corrected chi connectivity index (χ4v) is 1.64. The summed E-state index contributed by atoms with van der Waals surface area (Å²) >= 11 is 0. The van der Waals surface area contributed by atoms with Crippen molar-refractivity contribution < 1.29 is 0 Å². The Kier molecular flexibility index (Phi) is 3.77. The zero-order valence-electron chi connectivity index (χ0n) is 10.9. The summed E-state index contributed by atoms with van der Waals surface area (Å²) in [6, 6.07) is 9.95. The first-order valence-corrected chi connectivity index (χ1v) is 6.07. The van der Waals surface area contributed by atoms with Crippen molar-refractivity contribution in [3.8, 4) is 0 Å². The lowest BCUT2D eigenvalue weighted by Crippen LogP contribution is -2.01. The summed E-state index contributed by atoms with van der Waals surface area (Å²) in [5, 5.41) is 6.31. The zero-order chi connectivity index (χ0) is 13.0. The summed E-state index contributed by atoms with van der Waals surface area (Å²) < 4.78 is 0.